The molecule has 7 nitrogen and oxygen atoms in total. The van der Waals surface area contributed by atoms with Crippen LogP contribution in [0.25, 0.3) is 0 Å². The van der Waals surface area contributed by atoms with Gasteiger partial charge in [0.2, 0.25) is 17.6 Å². The Balaban J connectivity index is 1.51. The number of fused-ring (bicyclic) bond motifs is 1. The van der Waals surface area contributed by atoms with Crippen molar-refractivity contribution in [3.8, 4) is 0 Å². The Kier molecular flexibility index (Phi) is 5.96. The largest absolute Gasteiger partial charge is 0.322 e. The van der Waals surface area contributed by atoms with Gasteiger partial charge in [0.25, 0.3) is 18.2 Å². The van der Waals surface area contributed by atoms with Crippen LogP contribution in [0.5, 0.6) is 0 Å². The molecular weight excluding hydrogens is 427 g/mol. The number of nitrogens with zero attached hydrogens (tertiary/aromatic N) is 1. The molecule has 2 unspecified atom stereocenters. The highest BCUT2D eigenvalue weighted by molar-refractivity contribution is 6.06. The van der Waals surface area contributed by atoms with E-state index in [0.29, 0.717) is 18.4 Å². The van der Waals surface area contributed by atoms with E-state index in [0.717, 1.165) is 6.42 Å². The van der Waals surface area contributed by atoms with Crippen LogP contribution in [0.4, 0.5) is 13.2 Å². The molecule has 1 saturated heterocycles. The zero-order valence-corrected chi connectivity index (χ0v) is 17.3. The van der Waals surface area contributed by atoms with Gasteiger partial charge in [-0.2, -0.15) is 0 Å². The number of nitrogens with one attached hydrogen (secondary N) is 2. The number of piperidine rings is 1. The summed E-state index contributed by atoms with van der Waals surface area (Å²) in [6.45, 7) is 0.0276. The summed E-state index contributed by atoms with van der Waals surface area (Å²) in [7, 11) is 0. The Morgan fingerprint density at radius 1 is 1.12 bits per heavy atom. The summed E-state index contributed by atoms with van der Waals surface area (Å²) >= 11 is 0. The molecule has 1 aromatic carbocycles. The molecule has 10 heteroatoms. The Hall–Kier alpha value is -2.91. The molecular formula is C22H24F3N3O4. The molecule has 0 radical (unpaired) electrons. The molecule has 1 aliphatic carbocycles. The fourth-order valence-electron chi connectivity index (χ4n) is 4.82. The van der Waals surface area contributed by atoms with Crippen molar-refractivity contribution >= 4 is 23.6 Å². The number of hydrogen-bond donors (Lipinski definition) is 2. The van der Waals surface area contributed by atoms with E-state index in [9.17, 15) is 28.0 Å². The van der Waals surface area contributed by atoms with E-state index in [4.69, 9.17) is 0 Å². The molecule has 2 fully saturated rings. The second-order valence-corrected chi connectivity index (χ2v) is 8.63. The third-order valence-corrected chi connectivity index (χ3v) is 6.61. The van der Waals surface area contributed by atoms with Crippen molar-refractivity contribution in [1.82, 2.24) is 15.5 Å². The third kappa shape index (κ3) is 3.98. The lowest BCUT2D eigenvalue weighted by Gasteiger charge is -2.36. The number of amides is 4. The predicted molar refractivity (Wildman–Crippen MR) is 106 cm³/mol. The molecule has 2 heterocycles. The van der Waals surface area contributed by atoms with E-state index in [1.165, 1.54) is 23.1 Å². The molecule has 172 valence electrons. The van der Waals surface area contributed by atoms with Crippen LogP contribution in [0.3, 0.4) is 0 Å². The highest BCUT2D eigenvalue weighted by atomic mass is 19.3. The first-order valence-electron chi connectivity index (χ1n) is 10.8. The van der Waals surface area contributed by atoms with Gasteiger partial charge in [0, 0.05) is 30.0 Å². The van der Waals surface area contributed by atoms with E-state index < -0.39 is 47.8 Å². The van der Waals surface area contributed by atoms with Crippen molar-refractivity contribution in [1.29, 1.82) is 0 Å². The summed E-state index contributed by atoms with van der Waals surface area (Å²) in [6.07, 6.45) is -0.386. The number of carbonyl (C=O) groups is 4. The molecule has 0 spiro atoms. The standard InChI is InChI=1S/C22H24F3N3O4/c23-21(24)22(25,14-4-2-1-3-5-14)27-18(30)12-6-7-15-13(10-12)11-28(20(15)32)16-8-9-17(29)26-19(16)31/h6-7,10,14,16,21H,1-5,8-9,11H2,(H,27,30)(H,26,29,31). The van der Waals surface area contributed by atoms with Gasteiger partial charge in [0.15, 0.2) is 0 Å². The number of hydrogen-bond acceptors (Lipinski definition) is 4. The molecule has 0 aromatic heterocycles. The zero-order valence-electron chi connectivity index (χ0n) is 17.3. The lowest BCUT2D eigenvalue weighted by atomic mass is 9.82. The molecule has 2 aliphatic heterocycles. The van der Waals surface area contributed by atoms with E-state index >= 15 is 4.39 Å². The summed E-state index contributed by atoms with van der Waals surface area (Å²) in [5.41, 5.74) is 0.672. The number of carbonyl (C=O) groups excluding carboxylic acids is 4. The molecule has 32 heavy (non-hydrogen) atoms. The Labute approximate surface area is 182 Å². The molecule has 3 aliphatic rings. The third-order valence-electron chi connectivity index (χ3n) is 6.61. The molecule has 1 saturated carbocycles. The van der Waals surface area contributed by atoms with Crippen molar-refractivity contribution in [3.05, 3.63) is 34.9 Å². The van der Waals surface area contributed by atoms with E-state index in [1.807, 2.05) is 5.32 Å². The number of imide groups is 1. The molecule has 4 amide bonds. The van der Waals surface area contributed by atoms with Crippen molar-refractivity contribution in [2.75, 3.05) is 0 Å². The minimum Gasteiger partial charge on any atom is -0.322 e. The maximum Gasteiger partial charge on any atom is 0.290 e. The fourth-order valence-corrected chi connectivity index (χ4v) is 4.82. The predicted octanol–water partition coefficient (Wildman–Crippen LogP) is 2.69. The van der Waals surface area contributed by atoms with Crippen LogP contribution in [-0.4, -0.2) is 46.8 Å². The Morgan fingerprint density at radius 3 is 2.50 bits per heavy atom. The lowest BCUT2D eigenvalue weighted by Crippen LogP contribution is -2.56. The average molecular weight is 451 g/mol. The van der Waals surface area contributed by atoms with Crippen LogP contribution in [0, 0.1) is 5.92 Å². The van der Waals surface area contributed by atoms with Crippen LogP contribution in [0.2, 0.25) is 0 Å². The van der Waals surface area contributed by atoms with Crippen molar-refractivity contribution in [2.24, 2.45) is 5.92 Å². The van der Waals surface area contributed by atoms with Crippen LogP contribution < -0.4 is 10.6 Å². The summed E-state index contributed by atoms with van der Waals surface area (Å²) < 4.78 is 42.5. The SMILES string of the molecule is O=C1CCC(N2Cc3cc(C(=O)NC(F)(C(F)F)C4CCCCC4)ccc3C2=O)C(=O)N1. The maximum atomic E-state index is 15.2. The Bertz CT molecular complexity index is 964. The molecule has 1 aromatic rings. The van der Waals surface area contributed by atoms with Gasteiger partial charge in [0.05, 0.1) is 0 Å². The summed E-state index contributed by atoms with van der Waals surface area (Å²) in [6, 6.07) is 3.21. The summed E-state index contributed by atoms with van der Waals surface area (Å²) in [4.78, 5) is 50.2. The minimum atomic E-state index is -3.37. The zero-order chi connectivity index (χ0) is 23.0. The van der Waals surface area contributed by atoms with Gasteiger partial charge in [-0.25, -0.2) is 13.2 Å². The summed E-state index contributed by atoms with van der Waals surface area (Å²) in [5, 5.41) is 4.11. The molecule has 2 N–H and O–H groups in total. The highest BCUT2D eigenvalue weighted by Crippen LogP contribution is 2.38. The Morgan fingerprint density at radius 2 is 1.84 bits per heavy atom. The fraction of sp³-hybridized carbons (Fsp3) is 0.545. The van der Waals surface area contributed by atoms with Crippen LogP contribution in [0.1, 0.15) is 71.2 Å². The quantitative estimate of drug-likeness (QED) is 0.532. The van der Waals surface area contributed by atoms with Gasteiger partial charge in [0.1, 0.15) is 6.04 Å². The van der Waals surface area contributed by atoms with Crippen LogP contribution in [0.15, 0.2) is 18.2 Å². The van der Waals surface area contributed by atoms with Crippen molar-refractivity contribution < 1.29 is 32.3 Å². The number of benzene rings is 1. The number of alkyl halides is 3. The van der Waals surface area contributed by atoms with Gasteiger partial charge < -0.3 is 10.2 Å². The average Bonchev–Trinajstić information content (AvgIpc) is 3.09. The highest BCUT2D eigenvalue weighted by Gasteiger charge is 2.49. The summed E-state index contributed by atoms with van der Waals surface area (Å²) in [5.74, 6) is -6.44. The first-order chi connectivity index (χ1) is 15.2. The van der Waals surface area contributed by atoms with E-state index in [2.05, 4.69) is 5.32 Å². The minimum absolute atomic E-state index is 0.0276. The van der Waals surface area contributed by atoms with Crippen molar-refractivity contribution in [2.45, 2.75) is 69.8 Å². The van der Waals surface area contributed by atoms with Gasteiger partial charge in [-0.05, 0) is 43.0 Å². The van der Waals surface area contributed by atoms with Crippen LogP contribution in [-0.2, 0) is 16.1 Å². The number of rotatable bonds is 5. The molecule has 2 atom stereocenters. The second-order valence-electron chi connectivity index (χ2n) is 8.63. The van der Waals surface area contributed by atoms with E-state index in [1.54, 1.807) is 0 Å². The van der Waals surface area contributed by atoms with Gasteiger partial charge in [-0.3, -0.25) is 24.5 Å². The van der Waals surface area contributed by atoms with Crippen molar-refractivity contribution in [3.63, 3.8) is 0 Å². The first-order valence-corrected chi connectivity index (χ1v) is 10.8. The maximum absolute atomic E-state index is 15.2. The monoisotopic (exact) mass is 451 g/mol. The lowest BCUT2D eigenvalue weighted by molar-refractivity contribution is -0.136. The second kappa shape index (κ2) is 8.55. The van der Waals surface area contributed by atoms with Gasteiger partial charge in [-0.1, -0.05) is 19.3 Å². The number of halogens is 3. The normalized spacial score (nSPS) is 23.7. The van der Waals surface area contributed by atoms with Gasteiger partial charge in [-0.15, -0.1) is 0 Å². The first kappa shape index (κ1) is 22.3. The van der Waals surface area contributed by atoms with Gasteiger partial charge >= 0.3 is 0 Å². The molecule has 4 rings (SSSR count). The smallest absolute Gasteiger partial charge is 0.290 e. The topological polar surface area (TPSA) is 95.6 Å². The van der Waals surface area contributed by atoms with E-state index in [-0.39, 0.29) is 43.4 Å². The van der Waals surface area contributed by atoms with Crippen LogP contribution >= 0.6 is 0 Å². The molecule has 0 bridgehead atoms.